The van der Waals surface area contributed by atoms with Crippen molar-refractivity contribution in [2.75, 3.05) is 39.4 Å². The number of nitrogens with one attached hydrogen (secondary N) is 2. The number of hydrogen-bond donors (Lipinski definition) is 2. The molecule has 1 aliphatic heterocycles. The lowest BCUT2D eigenvalue weighted by molar-refractivity contribution is -0.906. The van der Waals surface area contributed by atoms with Crippen LogP contribution in [0.25, 0.3) is 0 Å². The Balaban J connectivity index is 1.65. The zero-order chi connectivity index (χ0) is 19.9. The van der Waals surface area contributed by atoms with Gasteiger partial charge in [-0.2, -0.15) is 0 Å². The van der Waals surface area contributed by atoms with Gasteiger partial charge >= 0.3 is 0 Å². The number of benzene rings is 2. The largest absolute Gasteiger partial charge is 0.370 e. The first-order chi connectivity index (χ1) is 13.5. The van der Waals surface area contributed by atoms with E-state index in [9.17, 15) is 14.9 Å². The molecule has 28 heavy (non-hydrogen) atoms. The van der Waals surface area contributed by atoms with Crippen molar-refractivity contribution in [3.8, 4) is 0 Å². The van der Waals surface area contributed by atoms with Crippen LogP contribution in [0.1, 0.15) is 10.4 Å². The third kappa shape index (κ3) is 5.68. The number of quaternary nitrogens is 1. The number of carbonyl (C=O) groups excluding carboxylic acids is 1. The summed E-state index contributed by atoms with van der Waals surface area (Å²) in [6.07, 6.45) is 0. The number of ether oxygens (including phenoxy) is 1. The van der Waals surface area contributed by atoms with Crippen molar-refractivity contribution in [1.82, 2.24) is 5.32 Å². The number of nitro benzene ring substituents is 1. The fourth-order valence-electron chi connectivity index (χ4n) is 2.91. The monoisotopic (exact) mass is 422 g/mol. The number of carbonyl (C=O) groups is 1. The van der Waals surface area contributed by atoms with Crippen molar-refractivity contribution < 1.29 is 19.4 Å². The Morgan fingerprint density at radius 1 is 1.25 bits per heavy atom. The topological polar surface area (TPSA) is 85.9 Å². The fourth-order valence-corrected chi connectivity index (χ4v) is 4.13. The number of nitro groups is 1. The maximum atomic E-state index is 12.4. The maximum absolute atomic E-state index is 12.4. The molecule has 1 aliphatic rings. The number of halogens is 1. The van der Waals surface area contributed by atoms with Crippen LogP contribution in [-0.4, -0.2) is 50.2 Å². The van der Waals surface area contributed by atoms with E-state index in [0.29, 0.717) is 16.5 Å². The highest BCUT2D eigenvalue weighted by molar-refractivity contribution is 7.99. The Hall–Kier alpha value is -2.13. The first-order valence-electron chi connectivity index (χ1n) is 8.94. The average molecular weight is 423 g/mol. The molecule has 2 aromatic rings. The summed E-state index contributed by atoms with van der Waals surface area (Å²) in [6.45, 7) is 4.65. The van der Waals surface area contributed by atoms with Crippen molar-refractivity contribution in [2.24, 2.45) is 0 Å². The summed E-state index contributed by atoms with van der Waals surface area (Å²) in [5.74, 6) is -0.310. The summed E-state index contributed by atoms with van der Waals surface area (Å²) in [4.78, 5) is 26.0. The first kappa shape index (κ1) is 20.6. The molecule has 7 nitrogen and oxygen atoms in total. The molecule has 9 heteroatoms. The van der Waals surface area contributed by atoms with E-state index in [0.717, 1.165) is 37.7 Å². The highest BCUT2D eigenvalue weighted by Gasteiger charge is 2.19. The van der Waals surface area contributed by atoms with E-state index in [4.69, 9.17) is 16.3 Å². The van der Waals surface area contributed by atoms with E-state index in [2.05, 4.69) is 5.32 Å². The van der Waals surface area contributed by atoms with Crippen LogP contribution in [0.2, 0.25) is 5.02 Å². The van der Waals surface area contributed by atoms with Crippen LogP contribution in [0.15, 0.2) is 52.3 Å². The second kappa shape index (κ2) is 9.88. The lowest BCUT2D eigenvalue weighted by Crippen LogP contribution is -3.14. The van der Waals surface area contributed by atoms with E-state index in [1.807, 2.05) is 6.07 Å². The molecular weight excluding hydrogens is 402 g/mol. The van der Waals surface area contributed by atoms with Crippen molar-refractivity contribution in [2.45, 2.75) is 9.79 Å². The second-order valence-corrected chi connectivity index (χ2v) is 7.92. The molecule has 148 valence electrons. The predicted octanol–water partition coefficient (Wildman–Crippen LogP) is 2.04. The normalized spacial score (nSPS) is 14.6. The Labute approximate surface area is 172 Å². The van der Waals surface area contributed by atoms with Crippen LogP contribution in [0.3, 0.4) is 0 Å². The third-order valence-corrected chi connectivity index (χ3v) is 5.70. The summed E-state index contributed by atoms with van der Waals surface area (Å²) < 4.78 is 5.31. The van der Waals surface area contributed by atoms with Crippen molar-refractivity contribution >= 4 is 35.0 Å². The Kier molecular flexibility index (Phi) is 7.27. The van der Waals surface area contributed by atoms with Gasteiger partial charge in [-0.05, 0) is 30.3 Å². The summed E-state index contributed by atoms with van der Waals surface area (Å²) in [6, 6.07) is 11.6. The fraction of sp³-hybridized carbons (Fsp3) is 0.316. The van der Waals surface area contributed by atoms with Gasteiger partial charge in [0.25, 0.3) is 11.6 Å². The third-order valence-electron chi connectivity index (χ3n) is 4.41. The van der Waals surface area contributed by atoms with Crippen LogP contribution in [-0.2, 0) is 4.74 Å². The van der Waals surface area contributed by atoms with Crippen molar-refractivity contribution in [1.29, 1.82) is 0 Å². The Morgan fingerprint density at radius 2 is 2.04 bits per heavy atom. The van der Waals surface area contributed by atoms with E-state index >= 15 is 0 Å². The minimum atomic E-state index is -0.471. The van der Waals surface area contributed by atoms with Gasteiger partial charge in [0.15, 0.2) is 0 Å². The molecular formula is C19H21ClN3O4S+. The molecule has 0 atom stereocenters. The molecule has 0 spiro atoms. The zero-order valence-corrected chi connectivity index (χ0v) is 16.7. The molecule has 1 amide bonds. The first-order valence-corrected chi connectivity index (χ1v) is 10.1. The maximum Gasteiger partial charge on any atom is 0.284 e. The predicted molar refractivity (Wildman–Crippen MR) is 107 cm³/mol. The molecule has 2 N–H and O–H groups in total. The van der Waals surface area contributed by atoms with Gasteiger partial charge in [-0.1, -0.05) is 29.4 Å². The number of rotatable bonds is 7. The van der Waals surface area contributed by atoms with Gasteiger partial charge in [0.1, 0.15) is 13.1 Å². The number of amides is 1. The lowest BCUT2D eigenvalue weighted by atomic mass is 10.2. The summed E-state index contributed by atoms with van der Waals surface area (Å²) in [5, 5.41) is 14.9. The molecule has 1 heterocycles. The van der Waals surface area contributed by atoms with E-state index in [-0.39, 0.29) is 17.2 Å². The highest BCUT2D eigenvalue weighted by Crippen LogP contribution is 2.36. The van der Waals surface area contributed by atoms with Crippen LogP contribution in [0.5, 0.6) is 0 Å². The number of morpholine rings is 1. The second-order valence-electron chi connectivity index (χ2n) is 6.37. The molecule has 1 fully saturated rings. The van der Waals surface area contributed by atoms with Gasteiger partial charge in [0.2, 0.25) is 0 Å². The van der Waals surface area contributed by atoms with Crippen LogP contribution in [0, 0.1) is 10.1 Å². The van der Waals surface area contributed by atoms with Gasteiger partial charge < -0.3 is 15.0 Å². The molecule has 0 unspecified atom stereocenters. The number of nitrogens with zero attached hydrogens (tertiary/aromatic N) is 1. The Bertz CT molecular complexity index is 859. The van der Waals surface area contributed by atoms with Gasteiger partial charge in [0, 0.05) is 21.5 Å². The van der Waals surface area contributed by atoms with Crippen LogP contribution < -0.4 is 10.2 Å². The standard InChI is InChI=1S/C19H20ClN3O4S/c20-15-2-1-3-16(13-15)28-18-5-4-14(12-17(18)23(25)26)19(24)21-6-7-22-8-10-27-11-9-22/h1-5,12-13H,6-11H2,(H,21,24)/p+1. The minimum Gasteiger partial charge on any atom is -0.370 e. The minimum absolute atomic E-state index is 0.101. The van der Waals surface area contributed by atoms with E-state index < -0.39 is 4.92 Å². The molecule has 0 aliphatic carbocycles. The summed E-state index contributed by atoms with van der Waals surface area (Å²) in [7, 11) is 0. The van der Waals surface area contributed by atoms with Crippen LogP contribution in [0.4, 0.5) is 5.69 Å². The summed E-state index contributed by atoms with van der Waals surface area (Å²) >= 11 is 7.22. The van der Waals surface area contributed by atoms with Gasteiger partial charge in [-0.15, -0.1) is 0 Å². The quantitative estimate of drug-likeness (QED) is 0.527. The molecule has 0 bridgehead atoms. The number of hydrogen-bond acceptors (Lipinski definition) is 5. The average Bonchev–Trinajstić information content (AvgIpc) is 2.69. The Morgan fingerprint density at radius 3 is 2.75 bits per heavy atom. The van der Waals surface area contributed by atoms with Gasteiger partial charge in [-0.3, -0.25) is 14.9 Å². The van der Waals surface area contributed by atoms with E-state index in [1.54, 1.807) is 30.3 Å². The smallest absolute Gasteiger partial charge is 0.284 e. The van der Waals surface area contributed by atoms with E-state index in [1.165, 1.54) is 22.7 Å². The molecule has 1 saturated heterocycles. The highest BCUT2D eigenvalue weighted by atomic mass is 35.5. The molecule has 3 rings (SSSR count). The van der Waals surface area contributed by atoms with Gasteiger partial charge in [0.05, 0.1) is 36.1 Å². The molecule has 2 aromatic carbocycles. The van der Waals surface area contributed by atoms with Crippen molar-refractivity contribution in [3.05, 3.63) is 63.2 Å². The van der Waals surface area contributed by atoms with Crippen LogP contribution >= 0.6 is 23.4 Å². The summed E-state index contributed by atoms with van der Waals surface area (Å²) in [5.41, 5.74) is 0.176. The molecule has 0 aromatic heterocycles. The molecule has 0 saturated carbocycles. The lowest BCUT2D eigenvalue weighted by Gasteiger charge is -2.23. The van der Waals surface area contributed by atoms with Gasteiger partial charge in [-0.25, -0.2) is 0 Å². The molecule has 0 radical (unpaired) electrons. The zero-order valence-electron chi connectivity index (χ0n) is 15.2. The van der Waals surface area contributed by atoms with Crippen molar-refractivity contribution in [3.63, 3.8) is 0 Å². The SMILES string of the molecule is O=C(NCC[NH+]1CCOCC1)c1ccc(Sc2cccc(Cl)c2)c([N+](=O)[O-])c1.